The van der Waals surface area contributed by atoms with Gasteiger partial charge in [0.25, 0.3) is 5.91 Å². The van der Waals surface area contributed by atoms with Crippen LogP contribution in [-0.4, -0.2) is 31.7 Å². The molecule has 2 aromatic carbocycles. The van der Waals surface area contributed by atoms with Gasteiger partial charge in [-0.25, -0.2) is 8.42 Å². The molecule has 0 bridgehead atoms. The van der Waals surface area contributed by atoms with E-state index in [0.717, 1.165) is 19.3 Å². The van der Waals surface area contributed by atoms with Gasteiger partial charge in [0.2, 0.25) is 10.0 Å². The maximum absolute atomic E-state index is 12.8. The molecule has 1 heterocycles. The van der Waals surface area contributed by atoms with E-state index in [0.29, 0.717) is 18.8 Å². The molecule has 25 heavy (non-hydrogen) atoms. The highest BCUT2D eigenvalue weighted by Crippen LogP contribution is 2.25. The number of hydrogen-bond donors (Lipinski definition) is 1. The zero-order valence-corrected chi connectivity index (χ0v) is 15.2. The largest absolute Gasteiger partial charge is 0.322 e. The zero-order valence-electron chi connectivity index (χ0n) is 13.6. The van der Waals surface area contributed by atoms with Gasteiger partial charge in [-0.2, -0.15) is 4.31 Å². The fraction of sp³-hybridized carbons (Fsp3) is 0.278. The van der Waals surface area contributed by atoms with Crippen LogP contribution in [0.3, 0.4) is 0 Å². The number of carbonyl (C=O) groups excluding carboxylic acids is 1. The van der Waals surface area contributed by atoms with Crippen LogP contribution in [0.25, 0.3) is 0 Å². The van der Waals surface area contributed by atoms with Gasteiger partial charge in [0.05, 0.1) is 15.5 Å². The lowest BCUT2D eigenvalue weighted by atomic mass is 10.2. The van der Waals surface area contributed by atoms with Gasteiger partial charge in [-0.15, -0.1) is 0 Å². The number of piperidine rings is 1. The van der Waals surface area contributed by atoms with Crippen LogP contribution < -0.4 is 5.32 Å². The highest BCUT2D eigenvalue weighted by Gasteiger charge is 2.27. The predicted octanol–water partition coefficient (Wildman–Crippen LogP) is 3.77. The first-order valence-electron chi connectivity index (χ1n) is 8.14. The SMILES string of the molecule is O=C(Nc1ccccc1)c1cc(S(=O)(=O)N2CCCCC2)ccc1Cl. The van der Waals surface area contributed by atoms with Gasteiger partial charge < -0.3 is 5.32 Å². The van der Waals surface area contributed by atoms with E-state index >= 15 is 0 Å². The molecule has 0 spiro atoms. The van der Waals surface area contributed by atoms with Gasteiger partial charge in [-0.05, 0) is 43.2 Å². The van der Waals surface area contributed by atoms with Crippen LogP contribution in [0.15, 0.2) is 53.4 Å². The lowest BCUT2D eigenvalue weighted by molar-refractivity contribution is 0.102. The van der Waals surface area contributed by atoms with Crippen LogP contribution in [0.5, 0.6) is 0 Å². The molecule has 1 saturated heterocycles. The second kappa shape index (κ2) is 7.56. The van der Waals surface area contributed by atoms with Crippen molar-refractivity contribution in [2.75, 3.05) is 18.4 Å². The summed E-state index contributed by atoms with van der Waals surface area (Å²) in [6.07, 6.45) is 2.75. The van der Waals surface area contributed by atoms with Gasteiger partial charge in [-0.1, -0.05) is 36.2 Å². The van der Waals surface area contributed by atoms with E-state index in [4.69, 9.17) is 11.6 Å². The first-order valence-corrected chi connectivity index (χ1v) is 9.96. The number of para-hydroxylation sites is 1. The maximum Gasteiger partial charge on any atom is 0.257 e. The van der Waals surface area contributed by atoms with Gasteiger partial charge in [-0.3, -0.25) is 4.79 Å². The fourth-order valence-corrected chi connectivity index (χ4v) is 4.56. The second-order valence-electron chi connectivity index (χ2n) is 5.93. The third-order valence-corrected chi connectivity index (χ3v) is 6.39. The van der Waals surface area contributed by atoms with E-state index in [-0.39, 0.29) is 15.5 Å². The zero-order chi connectivity index (χ0) is 17.9. The number of sulfonamides is 1. The van der Waals surface area contributed by atoms with Crippen molar-refractivity contribution in [3.8, 4) is 0 Å². The van der Waals surface area contributed by atoms with Crippen LogP contribution in [0.1, 0.15) is 29.6 Å². The number of carbonyl (C=O) groups is 1. The van der Waals surface area contributed by atoms with Crippen molar-refractivity contribution in [1.29, 1.82) is 0 Å². The molecule has 0 unspecified atom stereocenters. The van der Waals surface area contributed by atoms with Crippen LogP contribution in [0.2, 0.25) is 5.02 Å². The molecule has 0 radical (unpaired) electrons. The van der Waals surface area contributed by atoms with E-state index in [9.17, 15) is 13.2 Å². The van der Waals surface area contributed by atoms with Crippen molar-refractivity contribution >= 4 is 33.2 Å². The molecule has 0 aromatic heterocycles. The van der Waals surface area contributed by atoms with Gasteiger partial charge in [0.1, 0.15) is 0 Å². The third-order valence-electron chi connectivity index (χ3n) is 4.17. The number of hydrogen-bond acceptors (Lipinski definition) is 3. The monoisotopic (exact) mass is 378 g/mol. The molecule has 7 heteroatoms. The molecular weight excluding hydrogens is 360 g/mol. The first-order chi connectivity index (χ1) is 12.0. The van der Waals surface area contributed by atoms with Gasteiger partial charge in [0, 0.05) is 18.8 Å². The Morgan fingerprint density at radius 3 is 2.36 bits per heavy atom. The van der Waals surface area contributed by atoms with Crippen LogP contribution >= 0.6 is 11.6 Å². The minimum absolute atomic E-state index is 0.0945. The normalized spacial score (nSPS) is 15.7. The number of anilines is 1. The Morgan fingerprint density at radius 2 is 1.68 bits per heavy atom. The molecule has 132 valence electrons. The molecule has 1 amide bonds. The highest BCUT2D eigenvalue weighted by molar-refractivity contribution is 7.89. The van der Waals surface area contributed by atoms with E-state index in [2.05, 4.69) is 5.32 Å². The number of nitrogens with zero attached hydrogens (tertiary/aromatic N) is 1. The summed E-state index contributed by atoms with van der Waals surface area (Å²) in [6.45, 7) is 1.02. The summed E-state index contributed by atoms with van der Waals surface area (Å²) >= 11 is 6.12. The lowest BCUT2D eigenvalue weighted by Crippen LogP contribution is -2.35. The van der Waals surface area contributed by atoms with Crippen molar-refractivity contribution in [3.63, 3.8) is 0 Å². The van der Waals surface area contributed by atoms with E-state index in [1.165, 1.54) is 22.5 Å². The summed E-state index contributed by atoms with van der Waals surface area (Å²) < 4.78 is 27.0. The number of benzene rings is 2. The Labute approximate surface area is 152 Å². The minimum atomic E-state index is -3.61. The summed E-state index contributed by atoms with van der Waals surface area (Å²) in [5.41, 5.74) is 0.761. The Balaban J connectivity index is 1.88. The van der Waals surface area contributed by atoms with Crippen LogP contribution in [0, 0.1) is 0 Å². The maximum atomic E-state index is 12.8. The molecule has 2 aromatic rings. The molecule has 0 aliphatic carbocycles. The molecule has 0 atom stereocenters. The molecule has 1 N–H and O–H groups in total. The fourth-order valence-electron chi connectivity index (χ4n) is 2.81. The molecule has 1 fully saturated rings. The number of amides is 1. The molecular formula is C18H19ClN2O3S. The summed E-state index contributed by atoms with van der Waals surface area (Å²) in [5, 5.41) is 2.94. The van der Waals surface area contributed by atoms with Gasteiger partial charge in [0.15, 0.2) is 0 Å². The second-order valence-corrected chi connectivity index (χ2v) is 8.27. The average Bonchev–Trinajstić information content (AvgIpc) is 2.63. The van der Waals surface area contributed by atoms with Crippen molar-refractivity contribution in [2.45, 2.75) is 24.2 Å². The Hall–Kier alpha value is -1.89. The highest BCUT2D eigenvalue weighted by atomic mass is 35.5. The van der Waals surface area contributed by atoms with Crippen LogP contribution in [0.4, 0.5) is 5.69 Å². The Bertz CT molecular complexity index is 863. The quantitative estimate of drug-likeness (QED) is 0.880. The molecule has 0 saturated carbocycles. The van der Waals surface area contributed by atoms with Crippen molar-refractivity contribution in [2.24, 2.45) is 0 Å². The summed E-state index contributed by atoms with van der Waals surface area (Å²) in [4.78, 5) is 12.6. The number of rotatable bonds is 4. The van der Waals surface area contributed by atoms with Crippen molar-refractivity contribution in [3.05, 3.63) is 59.1 Å². The average molecular weight is 379 g/mol. The van der Waals surface area contributed by atoms with Crippen molar-refractivity contribution < 1.29 is 13.2 Å². The van der Waals surface area contributed by atoms with Crippen LogP contribution in [-0.2, 0) is 10.0 Å². The molecule has 1 aliphatic rings. The Morgan fingerprint density at radius 1 is 1.00 bits per heavy atom. The van der Waals surface area contributed by atoms with E-state index in [1.54, 1.807) is 24.3 Å². The smallest absolute Gasteiger partial charge is 0.257 e. The summed E-state index contributed by atoms with van der Waals surface area (Å²) in [6, 6.07) is 13.2. The Kier molecular flexibility index (Phi) is 5.42. The lowest BCUT2D eigenvalue weighted by Gasteiger charge is -2.26. The van der Waals surface area contributed by atoms with E-state index in [1.807, 2.05) is 6.07 Å². The van der Waals surface area contributed by atoms with Gasteiger partial charge >= 0.3 is 0 Å². The molecule has 5 nitrogen and oxygen atoms in total. The summed E-state index contributed by atoms with van der Waals surface area (Å²) in [7, 11) is -3.61. The minimum Gasteiger partial charge on any atom is -0.322 e. The third kappa shape index (κ3) is 4.03. The summed E-state index contributed by atoms with van der Waals surface area (Å²) in [5.74, 6) is -0.438. The van der Waals surface area contributed by atoms with Crippen molar-refractivity contribution in [1.82, 2.24) is 4.31 Å². The molecule has 3 rings (SSSR count). The predicted molar refractivity (Wildman–Crippen MR) is 98.5 cm³/mol. The van der Waals surface area contributed by atoms with E-state index < -0.39 is 15.9 Å². The first kappa shape index (κ1) is 17.9. The topological polar surface area (TPSA) is 66.5 Å². The standard InChI is InChI=1S/C18H19ClN2O3S/c19-17-10-9-15(25(23,24)21-11-5-2-6-12-21)13-16(17)18(22)20-14-7-3-1-4-8-14/h1,3-4,7-10,13H,2,5-6,11-12H2,(H,20,22). The number of nitrogens with one attached hydrogen (secondary N) is 1. The number of halogens is 1. The molecule has 1 aliphatic heterocycles.